The number of carbonyl (C=O) groups is 2. The van der Waals surface area contributed by atoms with Crippen LogP contribution in [-0.2, 0) is 17.9 Å². The molecule has 0 aliphatic heterocycles. The van der Waals surface area contributed by atoms with E-state index in [-0.39, 0.29) is 24.4 Å². The van der Waals surface area contributed by atoms with Gasteiger partial charge in [0.25, 0.3) is 5.91 Å². The molecule has 1 aliphatic carbocycles. The summed E-state index contributed by atoms with van der Waals surface area (Å²) in [5.74, 6) is 1.44. The van der Waals surface area contributed by atoms with Gasteiger partial charge in [-0.05, 0) is 48.9 Å². The lowest BCUT2D eigenvalue weighted by molar-refractivity contribution is -0.133. The minimum atomic E-state index is -0.0697. The summed E-state index contributed by atoms with van der Waals surface area (Å²) < 4.78 is 5.70. The van der Waals surface area contributed by atoms with Gasteiger partial charge in [-0.2, -0.15) is 0 Å². The zero-order valence-electron chi connectivity index (χ0n) is 16.4. The van der Waals surface area contributed by atoms with Gasteiger partial charge in [-0.15, -0.1) is 11.3 Å². The van der Waals surface area contributed by atoms with Gasteiger partial charge in [0, 0.05) is 12.6 Å². The first-order chi connectivity index (χ1) is 14.1. The highest BCUT2D eigenvalue weighted by Gasteiger charge is 2.35. The van der Waals surface area contributed by atoms with E-state index in [1.165, 1.54) is 11.3 Å². The molecular formula is C23H24N2O3S. The Hall–Kier alpha value is -2.86. The predicted octanol–water partition coefficient (Wildman–Crippen LogP) is 4.48. The number of amides is 2. The highest BCUT2D eigenvalue weighted by molar-refractivity contribution is 7.12. The van der Waals surface area contributed by atoms with Crippen molar-refractivity contribution >= 4 is 23.2 Å². The van der Waals surface area contributed by atoms with Crippen molar-refractivity contribution in [3.05, 3.63) is 81.9 Å². The molecule has 0 radical (unpaired) electrons. The highest BCUT2D eigenvalue weighted by Crippen LogP contribution is 2.29. The molecule has 2 amide bonds. The number of carbonyl (C=O) groups excluding carboxylic acids is 2. The molecule has 1 saturated carbocycles. The molecule has 3 aromatic rings. The third-order valence-electron chi connectivity index (χ3n) is 5.00. The quantitative estimate of drug-likeness (QED) is 0.552. The molecule has 1 aliphatic rings. The number of thiophene rings is 1. The van der Waals surface area contributed by atoms with E-state index in [9.17, 15) is 9.59 Å². The minimum Gasteiger partial charge on any atom is -0.464 e. The molecule has 4 rings (SSSR count). The minimum absolute atomic E-state index is 0.0515. The highest BCUT2D eigenvalue weighted by atomic mass is 32.1. The smallest absolute Gasteiger partial charge is 0.264 e. The Morgan fingerprint density at radius 3 is 2.45 bits per heavy atom. The Morgan fingerprint density at radius 1 is 1.03 bits per heavy atom. The topological polar surface area (TPSA) is 53.8 Å². The van der Waals surface area contributed by atoms with Crippen LogP contribution in [0.15, 0.2) is 64.4 Å². The van der Waals surface area contributed by atoms with Gasteiger partial charge in [0.15, 0.2) is 0 Å². The first-order valence-electron chi connectivity index (χ1n) is 9.81. The number of hydrogen-bond acceptors (Lipinski definition) is 4. The lowest BCUT2D eigenvalue weighted by Gasteiger charge is -2.27. The Labute approximate surface area is 174 Å². The summed E-state index contributed by atoms with van der Waals surface area (Å²) in [6.45, 7) is 2.84. The maximum Gasteiger partial charge on any atom is 0.264 e. The van der Waals surface area contributed by atoms with Crippen LogP contribution in [0.4, 0.5) is 0 Å². The lowest BCUT2D eigenvalue weighted by atomic mass is 10.2. The van der Waals surface area contributed by atoms with Crippen molar-refractivity contribution in [3.63, 3.8) is 0 Å². The third kappa shape index (κ3) is 4.95. The summed E-state index contributed by atoms with van der Waals surface area (Å²) >= 11 is 1.42. The van der Waals surface area contributed by atoms with Gasteiger partial charge in [0.05, 0.1) is 11.4 Å². The largest absolute Gasteiger partial charge is 0.464 e. The summed E-state index contributed by atoms with van der Waals surface area (Å²) in [5.41, 5.74) is 1.05. The Kier molecular flexibility index (Phi) is 5.81. The number of rotatable bonds is 8. The van der Waals surface area contributed by atoms with Crippen molar-refractivity contribution in [3.8, 4) is 0 Å². The van der Waals surface area contributed by atoms with Crippen LogP contribution in [0.25, 0.3) is 0 Å². The van der Waals surface area contributed by atoms with Crippen molar-refractivity contribution in [2.24, 2.45) is 0 Å². The fourth-order valence-corrected chi connectivity index (χ4v) is 4.01. The van der Waals surface area contributed by atoms with Crippen LogP contribution in [0.5, 0.6) is 0 Å². The molecule has 5 nitrogen and oxygen atoms in total. The first-order valence-corrected chi connectivity index (χ1v) is 10.7. The van der Waals surface area contributed by atoms with E-state index in [4.69, 9.17) is 4.42 Å². The zero-order chi connectivity index (χ0) is 20.2. The van der Waals surface area contributed by atoms with Gasteiger partial charge >= 0.3 is 0 Å². The molecule has 2 aromatic heterocycles. The Bertz CT molecular complexity index is 961. The lowest BCUT2D eigenvalue weighted by Crippen LogP contribution is -2.43. The van der Waals surface area contributed by atoms with Crippen LogP contribution in [0.1, 0.15) is 39.6 Å². The SMILES string of the molecule is Cc1ccc(CN(Cc2ccccc2)C(=O)CN(C(=O)c2cccs2)C2CC2)o1. The second-order valence-electron chi connectivity index (χ2n) is 7.39. The third-order valence-corrected chi connectivity index (χ3v) is 5.86. The molecule has 0 spiro atoms. The molecule has 150 valence electrons. The summed E-state index contributed by atoms with van der Waals surface area (Å²) in [6, 6.07) is 17.5. The van der Waals surface area contributed by atoms with E-state index in [1.54, 1.807) is 9.80 Å². The molecule has 0 atom stereocenters. The Balaban J connectivity index is 1.52. The summed E-state index contributed by atoms with van der Waals surface area (Å²) in [6.07, 6.45) is 1.92. The van der Waals surface area contributed by atoms with Crippen molar-refractivity contribution in [1.29, 1.82) is 0 Å². The number of aryl methyl sites for hydroxylation is 1. The molecule has 0 bridgehead atoms. The van der Waals surface area contributed by atoms with E-state index < -0.39 is 0 Å². The van der Waals surface area contributed by atoms with Crippen LogP contribution in [0.3, 0.4) is 0 Å². The molecule has 1 aromatic carbocycles. The van der Waals surface area contributed by atoms with Crippen LogP contribution in [-0.4, -0.2) is 34.2 Å². The van der Waals surface area contributed by atoms with Gasteiger partial charge < -0.3 is 14.2 Å². The summed E-state index contributed by atoms with van der Waals surface area (Å²) in [7, 11) is 0. The molecule has 1 fully saturated rings. The zero-order valence-corrected chi connectivity index (χ0v) is 17.2. The van der Waals surface area contributed by atoms with E-state index in [2.05, 4.69) is 0 Å². The van der Waals surface area contributed by atoms with Gasteiger partial charge in [0.1, 0.15) is 18.1 Å². The standard InChI is InChI=1S/C23H24N2O3S/c1-17-9-12-20(28-17)15-24(14-18-6-3-2-4-7-18)22(26)16-25(19-10-11-19)23(27)21-8-5-13-29-21/h2-9,12-13,19H,10-11,14-16H2,1H3. The Morgan fingerprint density at radius 2 is 1.83 bits per heavy atom. The number of nitrogens with zero attached hydrogens (tertiary/aromatic N) is 2. The molecule has 0 unspecified atom stereocenters. The molecule has 0 saturated heterocycles. The predicted molar refractivity (Wildman–Crippen MR) is 113 cm³/mol. The van der Waals surface area contributed by atoms with Crippen LogP contribution < -0.4 is 0 Å². The van der Waals surface area contributed by atoms with Crippen molar-refractivity contribution < 1.29 is 14.0 Å². The average Bonchev–Trinajstić information content (AvgIpc) is 3.24. The second kappa shape index (κ2) is 8.66. The van der Waals surface area contributed by atoms with Crippen LogP contribution >= 0.6 is 11.3 Å². The average molecular weight is 409 g/mol. The summed E-state index contributed by atoms with van der Waals surface area (Å²) in [4.78, 5) is 30.4. The number of benzene rings is 1. The van der Waals surface area contributed by atoms with Gasteiger partial charge in [-0.3, -0.25) is 9.59 Å². The summed E-state index contributed by atoms with van der Waals surface area (Å²) in [5, 5.41) is 1.89. The molecular weight excluding hydrogens is 384 g/mol. The normalized spacial score (nSPS) is 13.3. The van der Waals surface area contributed by atoms with E-state index in [0.717, 1.165) is 29.9 Å². The van der Waals surface area contributed by atoms with E-state index >= 15 is 0 Å². The fourth-order valence-electron chi connectivity index (χ4n) is 3.33. The fraction of sp³-hybridized carbons (Fsp3) is 0.304. The van der Waals surface area contributed by atoms with Crippen LogP contribution in [0, 0.1) is 6.92 Å². The van der Waals surface area contributed by atoms with Crippen LogP contribution in [0.2, 0.25) is 0 Å². The monoisotopic (exact) mass is 408 g/mol. The van der Waals surface area contributed by atoms with Crippen molar-refractivity contribution in [1.82, 2.24) is 9.80 Å². The first kappa shape index (κ1) is 19.5. The number of hydrogen-bond donors (Lipinski definition) is 0. The molecule has 0 N–H and O–H groups in total. The maximum atomic E-state index is 13.3. The van der Waals surface area contributed by atoms with Gasteiger partial charge in [-0.1, -0.05) is 36.4 Å². The molecule has 2 heterocycles. The molecule has 29 heavy (non-hydrogen) atoms. The molecule has 6 heteroatoms. The van der Waals surface area contributed by atoms with E-state index in [0.29, 0.717) is 18.0 Å². The van der Waals surface area contributed by atoms with Gasteiger partial charge in [0.2, 0.25) is 5.91 Å². The van der Waals surface area contributed by atoms with Crippen molar-refractivity contribution in [2.75, 3.05) is 6.54 Å². The number of furan rings is 1. The van der Waals surface area contributed by atoms with Gasteiger partial charge in [-0.25, -0.2) is 0 Å². The second-order valence-corrected chi connectivity index (χ2v) is 8.34. The van der Waals surface area contributed by atoms with Crippen molar-refractivity contribution in [2.45, 2.75) is 38.9 Å². The van der Waals surface area contributed by atoms with E-state index in [1.807, 2.05) is 66.9 Å². The maximum absolute atomic E-state index is 13.3.